The fraction of sp³-hybridized carbons (Fsp3) is 0.588. The lowest BCUT2D eigenvalue weighted by Gasteiger charge is -2.28. The van der Waals surface area contributed by atoms with Crippen LogP contribution in [-0.2, 0) is 6.42 Å². The van der Waals surface area contributed by atoms with E-state index in [1.165, 1.54) is 18.4 Å². The topological polar surface area (TPSA) is 41.1 Å². The normalized spacial score (nSPS) is 23.8. The highest BCUT2D eigenvalue weighted by atomic mass is 16.1. The summed E-state index contributed by atoms with van der Waals surface area (Å²) in [5.41, 5.74) is 3.35. The number of carbonyl (C=O) groups excluding carboxylic acids is 1. The van der Waals surface area contributed by atoms with Crippen molar-refractivity contribution < 1.29 is 4.79 Å². The lowest BCUT2D eigenvalue weighted by Crippen LogP contribution is -2.41. The monoisotopic (exact) mass is 272 g/mol. The summed E-state index contributed by atoms with van der Waals surface area (Å²) in [6, 6.07) is 6.36. The summed E-state index contributed by atoms with van der Waals surface area (Å²) in [7, 11) is 0. The molecule has 0 aromatic heterocycles. The molecule has 1 amide bonds. The van der Waals surface area contributed by atoms with Gasteiger partial charge in [0.1, 0.15) is 0 Å². The van der Waals surface area contributed by atoms with E-state index in [2.05, 4.69) is 30.5 Å². The molecule has 0 spiro atoms. The Morgan fingerprint density at radius 3 is 2.95 bits per heavy atom. The van der Waals surface area contributed by atoms with E-state index in [9.17, 15) is 4.79 Å². The van der Waals surface area contributed by atoms with Crippen molar-refractivity contribution in [3.8, 4) is 0 Å². The highest BCUT2D eigenvalue weighted by Gasteiger charge is 2.35. The molecule has 1 aromatic carbocycles. The Morgan fingerprint density at radius 1 is 1.35 bits per heavy atom. The number of para-hydroxylation sites is 1. The van der Waals surface area contributed by atoms with Crippen LogP contribution in [0.4, 0.5) is 5.69 Å². The first-order chi connectivity index (χ1) is 9.58. The van der Waals surface area contributed by atoms with Crippen molar-refractivity contribution in [2.45, 2.75) is 52.0 Å². The smallest absolute Gasteiger partial charge is 0.253 e. The number of anilines is 1. The van der Waals surface area contributed by atoms with E-state index in [0.717, 1.165) is 37.1 Å². The summed E-state index contributed by atoms with van der Waals surface area (Å²) >= 11 is 0. The van der Waals surface area contributed by atoms with E-state index < -0.39 is 0 Å². The number of carbonyl (C=O) groups is 1. The van der Waals surface area contributed by atoms with Gasteiger partial charge in [-0.3, -0.25) is 4.79 Å². The largest absolute Gasteiger partial charge is 0.384 e. The number of benzene rings is 1. The van der Waals surface area contributed by atoms with E-state index in [1.54, 1.807) is 0 Å². The van der Waals surface area contributed by atoms with Gasteiger partial charge in [0.2, 0.25) is 0 Å². The maximum absolute atomic E-state index is 12.6. The molecule has 3 rings (SSSR count). The van der Waals surface area contributed by atoms with Crippen molar-refractivity contribution in [2.24, 2.45) is 5.41 Å². The Labute approximate surface area is 121 Å². The zero-order valence-electron chi connectivity index (χ0n) is 12.5. The fourth-order valence-corrected chi connectivity index (χ4v) is 3.53. The highest BCUT2D eigenvalue weighted by molar-refractivity contribution is 6.00. The van der Waals surface area contributed by atoms with Gasteiger partial charge in [0, 0.05) is 12.6 Å². The van der Waals surface area contributed by atoms with Crippen molar-refractivity contribution in [1.82, 2.24) is 5.32 Å². The first-order valence-corrected chi connectivity index (χ1v) is 7.74. The van der Waals surface area contributed by atoms with Gasteiger partial charge in [-0.25, -0.2) is 0 Å². The van der Waals surface area contributed by atoms with E-state index in [0.29, 0.717) is 6.04 Å². The predicted molar refractivity (Wildman–Crippen MR) is 82.1 cm³/mol. The summed E-state index contributed by atoms with van der Waals surface area (Å²) in [5, 5.41) is 6.65. The molecule has 1 aromatic rings. The van der Waals surface area contributed by atoms with Gasteiger partial charge in [-0.1, -0.05) is 32.4 Å². The van der Waals surface area contributed by atoms with Crippen LogP contribution in [0, 0.1) is 5.41 Å². The van der Waals surface area contributed by atoms with Crippen LogP contribution in [0.1, 0.15) is 55.5 Å². The number of aryl methyl sites for hydroxylation is 1. The minimum Gasteiger partial charge on any atom is -0.384 e. The van der Waals surface area contributed by atoms with Crippen molar-refractivity contribution in [1.29, 1.82) is 0 Å². The third-order valence-electron chi connectivity index (χ3n) is 4.88. The van der Waals surface area contributed by atoms with Gasteiger partial charge in [-0.05, 0) is 42.7 Å². The first kappa shape index (κ1) is 13.5. The van der Waals surface area contributed by atoms with Gasteiger partial charge >= 0.3 is 0 Å². The van der Waals surface area contributed by atoms with Gasteiger partial charge in [0.25, 0.3) is 5.91 Å². The molecule has 1 aliphatic carbocycles. The number of nitrogens with one attached hydrogen (secondary N) is 2. The first-order valence-electron chi connectivity index (χ1n) is 7.74. The van der Waals surface area contributed by atoms with Gasteiger partial charge in [-0.15, -0.1) is 0 Å². The molecule has 108 valence electrons. The van der Waals surface area contributed by atoms with Crippen molar-refractivity contribution in [3.05, 3.63) is 29.3 Å². The maximum Gasteiger partial charge on any atom is 0.253 e. The average molecular weight is 272 g/mol. The van der Waals surface area contributed by atoms with Crippen LogP contribution in [-0.4, -0.2) is 18.5 Å². The van der Waals surface area contributed by atoms with Crippen LogP contribution < -0.4 is 10.6 Å². The number of fused-ring (bicyclic) bond motifs is 1. The molecule has 3 nitrogen and oxygen atoms in total. The molecule has 0 bridgehead atoms. The Morgan fingerprint density at radius 2 is 2.20 bits per heavy atom. The van der Waals surface area contributed by atoms with Gasteiger partial charge in [0.15, 0.2) is 0 Å². The van der Waals surface area contributed by atoms with Crippen LogP contribution in [0.25, 0.3) is 0 Å². The molecular weight excluding hydrogens is 248 g/mol. The molecule has 3 heteroatoms. The SMILES string of the molecule is CC1(C)CCCC1NC(=O)c1cccc2c1NCCC2. The predicted octanol–water partition coefficient (Wildman–Crippen LogP) is 3.35. The molecule has 0 saturated heterocycles. The number of hydrogen-bond donors (Lipinski definition) is 2. The molecule has 2 N–H and O–H groups in total. The second-order valence-electron chi connectivity index (χ2n) is 6.78. The second kappa shape index (κ2) is 5.12. The minimum absolute atomic E-state index is 0.0798. The third kappa shape index (κ3) is 2.41. The lowest BCUT2D eigenvalue weighted by molar-refractivity contribution is 0.0910. The summed E-state index contributed by atoms with van der Waals surface area (Å²) in [6.45, 7) is 5.47. The van der Waals surface area contributed by atoms with Crippen molar-refractivity contribution >= 4 is 11.6 Å². The standard InChI is InChI=1S/C17H24N2O/c1-17(2)10-4-9-14(17)19-16(20)13-8-3-6-12-7-5-11-18-15(12)13/h3,6,8,14,18H,4-5,7,9-11H2,1-2H3,(H,19,20). The quantitative estimate of drug-likeness (QED) is 0.867. The molecule has 1 atom stereocenters. The summed E-state index contributed by atoms with van der Waals surface area (Å²) in [6.07, 6.45) is 5.72. The molecule has 0 radical (unpaired) electrons. The highest BCUT2D eigenvalue weighted by Crippen LogP contribution is 2.37. The maximum atomic E-state index is 12.6. The van der Waals surface area contributed by atoms with E-state index >= 15 is 0 Å². The molecule has 1 saturated carbocycles. The fourth-order valence-electron chi connectivity index (χ4n) is 3.53. The van der Waals surface area contributed by atoms with Gasteiger partial charge in [0.05, 0.1) is 11.3 Å². The number of amides is 1. The third-order valence-corrected chi connectivity index (χ3v) is 4.88. The molecule has 1 aliphatic heterocycles. The van der Waals surface area contributed by atoms with Crippen LogP contribution in [0.15, 0.2) is 18.2 Å². The average Bonchev–Trinajstić information content (AvgIpc) is 2.77. The molecule has 1 unspecified atom stereocenters. The zero-order valence-corrected chi connectivity index (χ0v) is 12.5. The van der Waals surface area contributed by atoms with Crippen LogP contribution in [0.5, 0.6) is 0 Å². The Kier molecular flexibility index (Phi) is 3.45. The Hall–Kier alpha value is -1.51. The van der Waals surface area contributed by atoms with E-state index in [-0.39, 0.29) is 11.3 Å². The van der Waals surface area contributed by atoms with Crippen molar-refractivity contribution in [2.75, 3.05) is 11.9 Å². The number of rotatable bonds is 2. The minimum atomic E-state index is 0.0798. The van der Waals surface area contributed by atoms with E-state index in [1.807, 2.05) is 12.1 Å². The van der Waals surface area contributed by atoms with Crippen molar-refractivity contribution in [3.63, 3.8) is 0 Å². The van der Waals surface area contributed by atoms with Gasteiger partial charge < -0.3 is 10.6 Å². The van der Waals surface area contributed by atoms with E-state index in [4.69, 9.17) is 0 Å². The molecule has 1 fully saturated rings. The molecular formula is C17H24N2O. The van der Waals surface area contributed by atoms with Crippen LogP contribution >= 0.6 is 0 Å². The summed E-state index contributed by atoms with van der Waals surface area (Å²) < 4.78 is 0. The van der Waals surface area contributed by atoms with Gasteiger partial charge in [-0.2, -0.15) is 0 Å². The number of hydrogen-bond acceptors (Lipinski definition) is 2. The van der Waals surface area contributed by atoms with Crippen LogP contribution in [0.3, 0.4) is 0 Å². The second-order valence-corrected chi connectivity index (χ2v) is 6.78. The summed E-state index contributed by atoms with van der Waals surface area (Å²) in [4.78, 5) is 12.6. The lowest BCUT2D eigenvalue weighted by atomic mass is 9.87. The Bertz CT molecular complexity index is 522. The summed E-state index contributed by atoms with van der Waals surface area (Å²) in [5.74, 6) is 0.0798. The van der Waals surface area contributed by atoms with Crippen LogP contribution in [0.2, 0.25) is 0 Å². The molecule has 1 heterocycles. The molecule has 2 aliphatic rings. The zero-order chi connectivity index (χ0) is 14.2. The Balaban J connectivity index is 1.81. The molecule has 20 heavy (non-hydrogen) atoms.